The van der Waals surface area contributed by atoms with Crippen molar-refractivity contribution in [3.63, 3.8) is 0 Å². The molecule has 26 heavy (non-hydrogen) atoms. The minimum Gasteiger partial charge on any atom is -0.351 e. The highest BCUT2D eigenvalue weighted by Gasteiger charge is 2.43. The fourth-order valence-corrected chi connectivity index (χ4v) is 4.83. The second kappa shape index (κ2) is 7.03. The van der Waals surface area contributed by atoms with Gasteiger partial charge in [0.15, 0.2) is 0 Å². The summed E-state index contributed by atoms with van der Waals surface area (Å²) in [6.45, 7) is 0.491. The summed E-state index contributed by atoms with van der Waals surface area (Å²) in [5.74, 6) is 0.142. The molecule has 5 nitrogen and oxygen atoms in total. The minimum absolute atomic E-state index is 0.142. The van der Waals surface area contributed by atoms with Gasteiger partial charge in [-0.3, -0.25) is 14.5 Å². The number of nitrogens with one attached hydrogen (secondary N) is 1. The number of nitrogens with zero attached hydrogens (tertiary/aromatic N) is 3. The van der Waals surface area contributed by atoms with E-state index in [0.717, 1.165) is 42.5 Å². The molecule has 1 N–H and O–H groups in total. The van der Waals surface area contributed by atoms with Crippen molar-refractivity contribution in [1.29, 1.82) is 0 Å². The zero-order valence-corrected chi connectivity index (χ0v) is 15.6. The van der Waals surface area contributed by atoms with E-state index in [1.54, 1.807) is 17.5 Å². The standard InChI is InChI=1S/C20H22N4OS/c1-24-17(6-9-23-24)16-11-15(12-21-14-16)13-22-19(25)20(7-2-3-8-20)18-5-4-10-26-18/h4-6,9-12,14H,2-3,7-8,13H2,1H3,(H,22,25). The predicted octanol–water partition coefficient (Wildman–Crippen LogP) is 3.67. The number of carbonyl (C=O) groups is 1. The molecule has 1 aliphatic rings. The average molecular weight is 366 g/mol. The van der Waals surface area contributed by atoms with Gasteiger partial charge in [0.1, 0.15) is 0 Å². The molecule has 1 aliphatic carbocycles. The number of pyridine rings is 1. The van der Waals surface area contributed by atoms with Crippen molar-refractivity contribution in [3.05, 3.63) is 58.7 Å². The fraction of sp³-hybridized carbons (Fsp3) is 0.350. The van der Waals surface area contributed by atoms with Gasteiger partial charge in [0.2, 0.25) is 5.91 Å². The van der Waals surface area contributed by atoms with Gasteiger partial charge in [-0.05, 0) is 42.0 Å². The van der Waals surface area contributed by atoms with Gasteiger partial charge in [-0.1, -0.05) is 18.9 Å². The quantitative estimate of drug-likeness (QED) is 0.749. The summed E-state index contributed by atoms with van der Waals surface area (Å²) < 4.78 is 1.82. The Morgan fingerprint density at radius 1 is 1.31 bits per heavy atom. The van der Waals surface area contributed by atoms with E-state index < -0.39 is 0 Å². The Hall–Kier alpha value is -2.47. The Balaban J connectivity index is 1.50. The van der Waals surface area contributed by atoms with E-state index in [1.165, 1.54) is 4.88 Å². The Kier molecular flexibility index (Phi) is 4.59. The van der Waals surface area contributed by atoms with Crippen molar-refractivity contribution >= 4 is 17.2 Å². The molecule has 1 amide bonds. The normalized spacial score (nSPS) is 15.9. The maximum Gasteiger partial charge on any atom is 0.231 e. The topological polar surface area (TPSA) is 59.8 Å². The van der Waals surface area contributed by atoms with E-state index >= 15 is 0 Å². The summed E-state index contributed by atoms with van der Waals surface area (Å²) >= 11 is 1.69. The van der Waals surface area contributed by atoms with Gasteiger partial charge in [-0.2, -0.15) is 5.10 Å². The Bertz CT molecular complexity index is 894. The summed E-state index contributed by atoms with van der Waals surface area (Å²) in [4.78, 5) is 18.6. The Morgan fingerprint density at radius 2 is 2.15 bits per heavy atom. The lowest BCUT2D eigenvalue weighted by molar-refractivity contribution is -0.126. The first-order valence-electron chi connectivity index (χ1n) is 8.94. The van der Waals surface area contributed by atoms with Crippen molar-refractivity contribution in [2.45, 2.75) is 37.6 Å². The minimum atomic E-state index is -0.346. The molecule has 3 heterocycles. The van der Waals surface area contributed by atoms with Crippen molar-refractivity contribution in [2.24, 2.45) is 7.05 Å². The van der Waals surface area contributed by atoms with Crippen molar-refractivity contribution < 1.29 is 4.79 Å². The van der Waals surface area contributed by atoms with Gasteiger partial charge in [-0.25, -0.2) is 0 Å². The van der Waals surface area contributed by atoms with Gasteiger partial charge >= 0.3 is 0 Å². The van der Waals surface area contributed by atoms with Crippen LogP contribution in [0.3, 0.4) is 0 Å². The fourth-order valence-electron chi connectivity index (χ4n) is 3.85. The molecule has 0 aliphatic heterocycles. The lowest BCUT2D eigenvalue weighted by Crippen LogP contribution is -2.41. The van der Waals surface area contributed by atoms with E-state index in [9.17, 15) is 4.79 Å². The van der Waals surface area contributed by atoms with Crippen LogP contribution in [0.2, 0.25) is 0 Å². The van der Waals surface area contributed by atoms with Gasteiger partial charge in [0, 0.05) is 42.6 Å². The maximum absolute atomic E-state index is 13.1. The number of aromatic nitrogens is 3. The van der Waals surface area contributed by atoms with Crippen LogP contribution < -0.4 is 5.32 Å². The number of thiophene rings is 1. The monoisotopic (exact) mass is 366 g/mol. The van der Waals surface area contributed by atoms with Gasteiger partial charge in [0.05, 0.1) is 11.1 Å². The van der Waals surface area contributed by atoms with Crippen LogP contribution in [0.5, 0.6) is 0 Å². The van der Waals surface area contributed by atoms with Crippen LogP contribution in [-0.4, -0.2) is 20.7 Å². The molecule has 0 unspecified atom stereocenters. The third kappa shape index (κ3) is 3.05. The Labute approximate surface area is 157 Å². The van der Waals surface area contributed by atoms with Gasteiger partial charge in [-0.15, -0.1) is 11.3 Å². The summed E-state index contributed by atoms with van der Waals surface area (Å²) in [6.07, 6.45) is 9.51. The zero-order chi connectivity index (χ0) is 18.0. The van der Waals surface area contributed by atoms with E-state index in [4.69, 9.17) is 0 Å². The number of amides is 1. The molecule has 1 saturated carbocycles. The van der Waals surface area contributed by atoms with Crippen LogP contribution in [0, 0.1) is 0 Å². The predicted molar refractivity (Wildman–Crippen MR) is 103 cm³/mol. The number of hydrogen-bond donors (Lipinski definition) is 1. The molecule has 3 aromatic rings. The molecule has 4 rings (SSSR count). The van der Waals surface area contributed by atoms with Crippen LogP contribution in [0.15, 0.2) is 48.2 Å². The summed E-state index contributed by atoms with van der Waals surface area (Å²) in [7, 11) is 1.91. The van der Waals surface area contributed by atoms with E-state index in [2.05, 4.69) is 32.9 Å². The number of carbonyl (C=O) groups excluding carboxylic acids is 1. The third-order valence-corrected chi connectivity index (χ3v) is 6.32. The summed E-state index contributed by atoms with van der Waals surface area (Å²) in [5.41, 5.74) is 2.67. The molecule has 0 bridgehead atoms. The highest BCUT2D eigenvalue weighted by Crippen LogP contribution is 2.43. The molecule has 0 saturated heterocycles. The Morgan fingerprint density at radius 3 is 2.85 bits per heavy atom. The average Bonchev–Trinajstić information content (AvgIpc) is 3.40. The smallest absolute Gasteiger partial charge is 0.231 e. The first kappa shape index (κ1) is 17.0. The molecule has 134 valence electrons. The van der Waals surface area contributed by atoms with Crippen LogP contribution in [-0.2, 0) is 23.8 Å². The molecule has 0 radical (unpaired) electrons. The molecule has 0 aromatic carbocycles. The lowest BCUT2D eigenvalue weighted by Gasteiger charge is -2.26. The second-order valence-corrected chi connectivity index (χ2v) is 7.82. The SMILES string of the molecule is Cn1nccc1-c1cncc(CNC(=O)C2(c3cccs3)CCCC2)c1. The lowest BCUT2D eigenvalue weighted by atomic mass is 9.83. The molecule has 0 spiro atoms. The van der Waals surface area contributed by atoms with E-state index in [0.29, 0.717) is 6.54 Å². The highest BCUT2D eigenvalue weighted by atomic mass is 32.1. The number of rotatable bonds is 5. The van der Waals surface area contributed by atoms with Crippen molar-refractivity contribution in [1.82, 2.24) is 20.1 Å². The molecule has 1 fully saturated rings. The number of aryl methyl sites for hydroxylation is 1. The van der Waals surface area contributed by atoms with E-state index in [-0.39, 0.29) is 11.3 Å². The molecular weight excluding hydrogens is 344 g/mol. The van der Waals surface area contributed by atoms with Crippen LogP contribution >= 0.6 is 11.3 Å². The van der Waals surface area contributed by atoms with Gasteiger partial charge < -0.3 is 5.32 Å². The van der Waals surface area contributed by atoms with Crippen molar-refractivity contribution in [3.8, 4) is 11.3 Å². The van der Waals surface area contributed by atoms with Crippen LogP contribution in [0.1, 0.15) is 36.1 Å². The first-order valence-corrected chi connectivity index (χ1v) is 9.82. The van der Waals surface area contributed by atoms with Crippen LogP contribution in [0.4, 0.5) is 0 Å². The maximum atomic E-state index is 13.1. The second-order valence-electron chi connectivity index (χ2n) is 6.87. The molecule has 6 heteroatoms. The number of hydrogen-bond acceptors (Lipinski definition) is 4. The third-order valence-electron chi connectivity index (χ3n) is 5.25. The highest BCUT2D eigenvalue weighted by molar-refractivity contribution is 7.10. The largest absolute Gasteiger partial charge is 0.351 e. The molecule has 0 atom stereocenters. The van der Waals surface area contributed by atoms with Crippen LogP contribution in [0.25, 0.3) is 11.3 Å². The van der Waals surface area contributed by atoms with E-state index in [1.807, 2.05) is 36.3 Å². The summed E-state index contributed by atoms with van der Waals surface area (Å²) in [6, 6.07) is 8.16. The zero-order valence-electron chi connectivity index (χ0n) is 14.8. The molecule has 3 aromatic heterocycles. The van der Waals surface area contributed by atoms with Crippen molar-refractivity contribution in [2.75, 3.05) is 0 Å². The summed E-state index contributed by atoms with van der Waals surface area (Å²) in [5, 5.41) is 9.43. The first-order chi connectivity index (χ1) is 12.7. The molecular formula is C20H22N4OS. The van der Waals surface area contributed by atoms with Gasteiger partial charge in [0.25, 0.3) is 0 Å².